The molecule has 0 aromatic carbocycles. The molecule has 5 heteroatoms. The summed E-state index contributed by atoms with van der Waals surface area (Å²) in [5.74, 6) is -0.734. The lowest BCUT2D eigenvalue weighted by Crippen LogP contribution is -2.28. The van der Waals surface area contributed by atoms with E-state index in [1.807, 2.05) is 0 Å². The van der Waals surface area contributed by atoms with Crippen molar-refractivity contribution in [2.45, 2.75) is 148 Å². The van der Waals surface area contributed by atoms with Crippen LogP contribution in [0, 0.1) is 0 Å². The van der Waals surface area contributed by atoms with E-state index in [0.29, 0.717) is 19.3 Å². The average Bonchev–Trinajstić information content (AvgIpc) is 3.09. The Balaban J connectivity index is 3.81. The molecule has 0 saturated carbocycles. The topological polar surface area (TPSA) is 72.8 Å². The molecule has 5 nitrogen and oxygen atoms in total. The Morgan fingerprint density at radius 3 is 1.17 bits per heavy atom. The van der Waals surface area contributed by atoms with E-state index >= 15 is 0 Å². The van der Waals surface area contributed by atoms with E-state index in [0.717, 1.165) is 51.4 Å². The van der Waals surface area contributed by atoms with Gasteiger partial charge in [0.05, 0.1) is 6.61 Å². The van der Waals surface area contributed by atoms with Gasteiger partial charge in [0.15, 0.2) is 6.10 Å². The summed E-state index contributed by atoms with van der Waals surface area (Å²) in [5.41, 5.74) is 0. The highest BCUT2D eigenvalue weighted by Crippen LogP contribution is 2.06. The molecule has 0 saturated heterocycles. The second-order valence-corrected chi connectivity index (χ2v) is 11.9. The van der Waals surface area contributed by atoms with Crippen LogP contribution in [0.1, 0.15) is 142 Å². The van der Waals surface area contributed by atoms with Gasteiger partial charge in [0.2, 0.25) is 0 Å². The summed E-state index contributed by atoms with van der Waals surface area (Å²) in [5, 5.41) is 9.53. The average molecular weight is 665 g/mol. The highest BCUT2D eigenvalue weighted by molar-refractivity contribution is 5.70. The Hall–Kier alpha value is -3.18. The zero-order chi connectivity index (χ0) is 35.0. The van der Waals surface area contributed by atoms with Crippen molar-refractivity contribution >= 4 is 11.9 Å². The maximum absolute atomic E-state index is 12.1. The second kappa shape index (κ2) is 38.3. The molecular weight excluding hydrogens is 596 g/mol. The summed E-state index contributed by atoms with van der Waals surface area (Å²) in [7, 11) is 0. The van der Waals surface area contributed by atoms with Gasteiger partial charge in [0, 0.05) is 12.8 Å². The van der Waals surface area contributed by atoms with Crippen molar-refractivity contribution in [3.63, 3.8) is 0 Å². The number of carbonyl (C=O) groups excluding carboxylic acids is 2. The Labute approximate surface area is 294 Å². The standard InChI is InChI=1S/C43H68O5/c1-3-5-7-9-11-13-15-17-19-21-23-25-27-29-31-33-35-37-42(45)47-40-41(39-44)48-43(46)38-36-34-32-30-28-26-24-22-20-18-16-14-12-10-8-6-4-2/h11-14,17-20,23-26,29-32,41,44H,3-10,15-16,21-22,27-28,33-40H2,1-2H3/t41-/m0/s1. The first-order valence-electron chi connectivity index (χ1n) is 18.8. The fourth-order valence-electron chi connectivity index (χ4n) is 4.48. The number of hydrogen-bond acceptors (Lipinski definition) is 5. The number of rotatable bonds is 32. The number of ether oxygens (including phenoxy) is 2. The molecule has 270 valence electrons. The van der Waals surface area contributed by atoms with Crippen molar-refractivity contribution < 1.29 is 24.2 Å². The predicted octanol–water partition coefficient (Wildman–Crippen LogP) is 11.7. The van der Waals surface area contributed by atoms with E-state index in [9.17, 15) is 14.7 Å². The summed E-state index contributed by atoms with van der Waals surface area (Å²) in [6.07, 6.45) is 53.2. The van der Waals surface area contributed by atoms with Crippen molar-refractivity contribution in [1.82, 2.24) is 0 Å². The van der Waals surface area contributed by atoms with Gasteiger partial charge >= 0.3 is 11.9 Å². The van der Waals surface area contributed by atoms with Crippen molar-refractivity contribution in [2.75, 3.05) is 13.2 Å². The van der Waals surface area contributed by atoms with Crippen LogP contribution >= 0.6 is 0 Å². The van der Waals surface area contributed by atoms with Gasteiger partial charge in [-0.3, -0.25) is 9.59 Å². The molecule has 0 unspecified atom stereocenters. The highest BCUT2D eigenvalue weighted by atomic mass is 16.6. The van der Waals surface area contributed by atoms with Crippen molar-refractivity contribution in [2.24, 2.45) is 0 Å². The number of hydrogen-bond donors (Lipinski definition) is 1. The number of allylic oxidation sites excluding steroid dienone is 16. The fraction of sp³-hybridized carbons (Fsp3) is 0.581. The van der Waals surface area contributed by atoms with Gasteiger partial charge in [-0.1, -0.05) is 137 Å². The first kappa shape index (κ1) is 44.8. The number of unbranched alkanes of at least 4 members (excludes halogenated alkanes) is 8. The molecular formula is C43H68O5. The Bertz CT molecular complexity index is 979. The summed E-state index contributed by atoms with van der Waals surface area (Å²) in [6.45, 7) is 3.96. The van der Waals surface area contributed by atoms with Crippen LogP contribution in [-0.2, 0) is 19.1 Å². The SMILES string of the molecule is CCCCCC=CCC=CCC=CCC=CCCCC(=O)OC[C@H](CO)OC(=O)CCCC=CCC=CCC=CCC=CCCCCC. The van der Waals surface area contributed by atoms with Crippen LogP contribution in [0.15, 0.2) is 97.2 Å². The Morgan fingerprint density at radius 1 is 0.479 bits per heavy atom. The molecule has 0 spiro atoms. The fourth-order valence-corrected chi connectivity index (χ4v) is 4.48. The molecule has 0 bridgehead atoms. The molecule has 0 aliphatic rings. The summed E-state index contributed by atoms with van der Waals surface area (Å²) >= 11 is 0. The number of carbonyl (C=O) groups is 2. The largest absolute Gasteiger partial charge is 0.462 e. The van der Waals surface area contributed by atoms with Gasteiger partial charge in [0.25, 0.3) is 0 Å². The molecule has 0 aliphatic carbocycles. The summed E-state index contributed by atoms with van der Waals surface area (Å²) in [4.78, 5) is 24.2. The van der Waals surface area contributed by atoms with E-state index in [4.69, 9.17) is 9.47 Å². The lowest BCUT2D eigenvalue weighted by Gasteiger charge is -2.15. The van der Waals surface area contributed by atoms with E-state index in [2.05, 4.69) is 111 Å². The van der Waals surface area contributed by atoms with Crippen molar-refractivity contribution in [3.8, 4) is 0 Å². The van der Waals surface area contributed by atoms with Crippen LogP contribution in [0.2, 0.25) is 0 Å². The molecule has 1 atom stereocenters. The van der Waals surface area contributed by atoms with Crippen LogP contribution in [0.3, 0.4) is 0 Å². The Morgan fingerprint density at radius 2 is 0.812 bits per heavy atom. The molecule has 0 aromatic rings. The second-order valence-electron chi connectivity index (χ2n) is 11.9. The molecule has 48 heavy (non-hydrogen) atoms. The van der Waals surface area contributed by atoms with Crippen molar-refractivity contribution in [1.29, 1.82) is 0 Å². The normalized spacial score (nSPS) is 13.3. The minimum Gasteiger partial charge on any atom is -0.462 e. The number of aliphatic hydroxyl groups is 1. The molecule has 0 aromatic heterocycles. The third-order valence-electron chi connectivity index (χ3n) is 7.35. The zero-order valence-electron chi connectivity index (χ0n) is 30.5. The van der Waals surface area contributed by atoms with Gasteiger partial charge in [0.1, 0.15) is 6.61 Å². The van der Waals surface area contributed by atoms with E-state index < -0.39 is 6.10 Å². The number of esters is 2. The monoisotopic (exact) mass is 665 g/mol. The highest BCUT2D eigenvalue weighted by Gasteiger charge is 2.15. The minimum absolute atomic E-state index is 0.122. The lowest BCUT2D eigenvalue weighted by atomic mass is 10.2. The maximum atomic E-state index is 12.1. The minimum atomic E-state index is -0.827. The van der Waals surface area contributed by atoms with Crippen LogP contribution in [-0.4, -0.2) is 36.4 Å². The van der Waals surface area contributed by atoms with Crippen molar-refractivity contribution in [3.05, 3.63) is 97.2 Å². The summed E-state index contributed by atoms with van der Waals surface area (Å²) < 4.78 is 10.5. The molecule has 0 fully saturated rings. The molecule has 0 aliphatic heterocycles. The Kier molecular flexibility index (Phi) is 35.7. The van der Waals surface area contributed by atoms with Crippen LogP contribution in [0.5, 0.6) is 0 Å². The number of aliphatic hydroxyl groups excluding tert-OH is 1. The van der Waals surface area contributed by atoms with Gasteiger partial charge in [-0.25, -0.2) is 0 Å². The van der Waals surface area contributed by atoms with Crippen LogP contribution in [0.4, 0.5) is 0 Å². The van der Waals surface area contributed by atoms with E-state index in [1.165, 1.54) is 51.4 Å². The van der Waals surface area contributed by atoms with Crippen LogP contribution in [0.25, 0.3) is 0 Å². The van der Waals surface area contributed by atoms with Gasteiger partial charge in [-0.05, 0) is 89.9 Å². The predicted molar refractivity (Wildman–Crippen MR) is 205 cm³/mol. The third-order valence-corrected chi connectivity index (χ3v) is 7.35. The molecule has 0 heterocycles. The summed E-state index contributed by atoms with van der Waals surface area (Å²) in [6, 6.07) is 0. The maximum Gasteiger partial charge on any atom is 0.306 e. The molecule has 0 radical (unpaired) electrons. The quantitative estimate of drug-likeness (QED) is 0.0440. The lowest BCUT2D eigenvalue weighted by molar-refractivity contribution is -0.161. The first-order chi connectivity index (χ1) is 23.6. The van der Waals surface area contributed by atoms with Gasteiger partial charge in [-0.15, -0.1) is 0 Å². The molecule has 1 N–H and O–H groups in total. The van der Waals surface area contributed by atoms with E-state index in [-0.39, 0.29) is 31.6 Å². The van der Waals surface area contributed by atoms with Gasteiger partial charge < -0.3 is 14.6 Å². The molecule has 0 rings (SSSR count). The third kappa shape index (κ3) is 35.7. The van der Waals surface area contributed by atoms with Crippen LogP contribution < -0.4 is 0 Å². The molecule has 0 amide bonds. The zero-order valence-corrected chi connectivity index (χ0v) is 30.5. The first-order valence-corrected chi connectivity index (χ1v) is 18.8. The van der Waals surface area contributed by atoms with E-state index in [1.54, 1.807) is 0 Å². The van der Waals surface area contributed by atoms with Gasteiger partial charge in [-0.2, -0.15) is 0 Å². The smallest absolute Gasteiger partial charge is 0.306 e.